The van der Waals surface area contributed by atoms with Gasteiger partial charge in [-0.05, 0) is 38.2 Å². The molecule has 2 N–H and O–H groups in total. The van der Waals surface area contributed by atoms with Crippen LogP contribution in [0, 0.1) is 0 Å². The largest absolute Gasteiger partial charge is 0.352 e. The van der Waals surface area contributed by atoms with Crippen LogP contribution in [-0.4, -0.2) is 29.3 Å². The molecule has 122 valence electrons. The van der Waals surface area contributed by atoms with E-state index in [1.807, 2.05) is 25.1 Å². The van der Waals surface area contributed by atoms with Gasteiger partial charge in [0.25, 0.3) is 0 Å². The number of nitrogens with one attached hydrogen (secondary N) is 2. The van der Waals surface area contributed by atoms with Crippen molar-refractivity contribution in [1.29, 1.82) is 0 Å². The molecule has 22 heavy (non-hydrogen) atoms. The summed E-state index contributed by atoms with van der Waals surface area (Å²) >= 11 is 1.72. The summed E-state index contributed by atoms with van der Waals surface area (Å²) in [7, 11) is 0. The molecule has 3 atom stereocenters. The monoisotopic (exact) mass is 340 g/mol. The predicted octanol–water partition coefficient (Wildman–Crippen LogP) is 3.13. The second-order valence-corrected chi connectivity index (χ2v) is 7.58. The number of fused-ring (bicyclic) bond motifs is 2. The number of piperidine rings is 1. The molecule has 2 fully saturated rings. The Labute approximate surface area is 143 Å². The number of amides is 1. The van der Waals surface area contributed by atoms with Gasteiger partial charge in [-0.15, -0.1) is 24.2 Å². The number of hydrogen-bond acceptors (Lipinski definition) is 3. The Morgan fingerprint density at radius 2 is 1.91 bits per heavy atom. The van der Waals surface area contributed by atoms with Crippen LogP contribution in [0.3, 0.4) is 0 Å². The van der Waals surface area contributed by atoms with Crippen molar-refractivity contribution in [1.82, 2.24) is 10.6 Å². The summed E-state index contributed by atoms with van der Waals surface area (Å²) in [5, 5.41) is 6.88. The predicted molar refractivity (Wildman–Crippen MR) is 95.6 cm³/mol. The maximum Gasteiger partial charge on any atom is 0.233 e. The van der Waals surface area contributed by atoms with E-state index in [9.17, 15) is 4.79 Å². The number of benzene rings is 1. The lowest BCUT2D eigenvalue weighted by Crippen LogP contribution is -2.49. The Kier molecular flexibility index (Phi) is 6.60. The molecule has 2 saturated heterocycles. The Bertz CT molecular complexity index is 473. The topological polar surface area (TPSA) is 41.1 Å². The van der Waals surface area contributed by atoms with Crippen molar-refractivity contribution in [3.63, 3.8) is 0 Å². The van der Waals surface area contributed by atoms with E-state index in [4.69, 9.17) is 0 Å². The van der Waals surface area contributed by atoms with E-state index < -0.39 is 0 Å². The van der Waals surface area contributed by atoms with Crippen molar-refractivity contribution in [2.24, 2.45) is 0 Å². The lowest BCUT2D eigenvalue weighted by Gasteiger charge is -2.30. The molecule has 0 spiro atoms. The molecule has 0 radical (unpaired) electrons. The van der Waals surface area contributed by atoms with E-state index in [1.54, 1.807) is 11.8 Å². The van der Waals surface area contributed by atoms with Crippen LogP contribution >= 0.6 is 24.2 Å². The van der Waals surface area contributed by atoms with Gasteiger partial charge in [0.1, 0.15) is 0 Å². The van der Waals surface area contributed by atoms with Crippen LogP contribution < -0.4 is 10.6 Å². The number of carbonyl (C=O) groups excluding carboxylic acids is 1. The first-order valence-corrected chi connectivity index (χ1v) is 8.97. The van der Waals surface area contributed by atoms with Gasteiger partial charge < -0.3 is 10.6 Å². The van der Waals surface area contributed by atoms with E-state index in [0.717, 1.165) is 18.6 Å². The Hall–Kier alpha value is -0.710. The summed E-state index contributed by atoms with van der Waals surface area (Å²) in [4.78, 5) is 12.3. The number of carbonyl (C=O) groups is 1. The molecule has 1 amide bonds. The number of halogens is 1. The summed E-state index contributed by atoms with van der Waals surface area (Å²) in [5.41, 5.74) is 1.28. The van der Waals surface area contributed by atoms with E-state index in [-0.39, 0.29) is 23.6 Å². The lowest BCUT2D eigenvalue weighted by molar-refractivity contribution is -0.121. The van der Waals surface area contributed by atoms with Crippen molar-refractivity contribution in [3.05, 3.63) is 35.9 Å². The van der Waals surface area contributed by atoms with Gasteiger partial charge in [-0.3, -0.25) is 4.79 Å². The molecule has 5 heteroatoms. The van der Waals surface area contributed by atoms with Crippen LogP contribution in [0.2, 0.25) is 0 Å². The average molecular weight is 341 g/mol. The van der Waals surface area contributed by atoms with Crippen molar-refractivity contribution < 1.29 is 4.79 Å². The Morgan fingerprint density at radius 3 is 2.55 bits per heavy atom. The van der Waals surface area contributed by atoms with E-state index in [1.165, 1.54) is 18.4 Å². The molecule has 0 saturated carbocycles. The number of thioether (sulfide) groups is 1. The fourth-order valence-electron chi connectivity index (χ4n) is 3.36. The molecule has 3 rings (SSSR count). The molecular formula is C17H25ClN2OS. The summed E-state index contributed by atoms with van der Waals surface area (Å²) in [6, 6.07) is 12.0. The van der Waals surface area contributed by atoms with E-state index in [2.05, 4.69) is 22.8 Å². The number of hydrogen-bond donors (Lipinski definition) is 2. The molecular weight excluding hydrogens is 316 g/mol. The molecule has 3 unspecified atom stereocenters. The molecule has 2 heterocycles. The first-order valence-electron chi connectivity index (χ1n) is 7.92. The lowest BCUT2D eigenvalue weighted by atomic mass is 10.00. The highest BCUT2D eigenvalue weighted by Crippen LogP contribution is 2.27. The van der Waals surface area contributed by atoms with Crippen LogP contribution in [0.4, 0.5) is 0 Å². The smallest absolute Gasteiger partial charge is 0.233 e. The van der Waals surface area contributed by atoms with Crippen LogP contribution in [0.5, 0.6) is 0 Å². The third kappa shape index (κ3) is 4.64. The summed E-state index contributed by atoms with van der Waals surface area (Å²) in [6.07, 6.45) is 4.74. The van der Waals surface area contributed by atoms with Gasteiger partial charge in [-0.25, -0.2) is 0 Å². The maximum atomic E-state index is 12.3. The van der Waals surface area contributed by atoms with Crippen LogP contribution in [-0.2, 0) is 10.5 Å². The molecule has 1 aromatic rings. The van der Waals surface area contributed by atoms with Crippen LogP contribution in [0.25, 0.3) is 0 Å². The summed E-state index contributed by atoms with van der Waals surface area (Å²) < 4.78 is 0. The van der Waals surface area contributed by atoms with Crippen molar-refractivity contribution in [2.75, 3.05) is 0 Å². The normalized spacial score (nSPS) is 27.8. The third-order valence-electron chi connectivity index (χ3n) is 4.53. The first-order chi connectivity index (χ1) is 10.2. The van der Waals surface area contributed by atoms with E-state index in [0.29, 0.717) is 18.1 Å². The third-order valence-corrected chi connectivity index (χ3v) is 5.75. The highest BCUT2D eigenvalue weighted by molar-refractivity contribution is 7.99. The minimum atomic E-state index is 0. The highest BCUT2D eigenvalue weighted by atomic mass is 35.5. The fourth-order valence-corrected chi connectivity index (χ4v) is 4.22. The van der Waals surface area contributed by atoms with Gasteiger partial charge in [0, 0.05) is 23.9 Å². The van der Waals surface area contributed by atoms with Crippen molar-refractivity contribution in [2.45, 2.75) is 61.7 Å². The van der Waals surface area contributed by atoms with Gasteiger partial charge >= 0.3 is 0 Å². The first kappa shape index (κ1) is 17.6. The van der Waals surface area contributed by atoms with Gasteiger partial charge in [0.2, 0.25) is 5.91 Å². The molecule has 0 aromatic heterocycles. The van der Waals surface area contributed by atoms with Crippen molar-refractivity contribution in [3.8, 4) is 0 Å². The van der Waals surface area contributed by atoms with Gasteiger partial charge in [0.05, 0.1) is 5.25 Å². The standard InChI is InChI=1S/C17H24N2OS.ClH/c1-12(21-11-13-5-3-2-4-6-13)17(20)19-16-9-14-7-8-15(10-16)18-14;/h2-6,12,14-16,18H,7-11H2,1H3,(H,19,20);1H. The van der Waals surface area contributed by atoms with E-state index >= 15 is 0 Å². The number of rotatable bonds is 5. The SMILES string of the molecule is CC(SCc1ccccc1)C(=O)NC1CC2CCC(C1)N2.Cl. The van der Waals surface area contributed by atoms with Gasteiger partial charge in [-0.1, -0.05) is 30.3 Å². The second kappa shape index (κ2) is 8.23. The molecule has 1 aromatic carbocycles. The average Bonchev–Trinajstić information content (AvgIpc) is 2.84. The molecule has 3 nitrogen and oxygen atoms in total. The van der Waals surface area contributed by atoms with Crippen LogP contribution in [0.1, 0.15) is 38.2 Å². The minimum Gasteiger partial charge on any atom is -0.352 e. The van der Waals surface area contributed by atoms with Crippen molar-refractivity contribution >= 4 is 30.1 Å². The Morgan fingerprint density at radius 1 is 1.27 bits per heavy atom. The zero-order chi connectivity index (χ0) is 14.7. The molecule has 2 bridgehead atoms. The molecule has 0 aliphatic carbocycles. The Balaban J connectivity index is 0.00000176. The highest BCUT2D eigenvalue weighted by Gasteiger charge is 2.34. The second-order valence-electron chi connectivity index (χ2n) is 6.25. The molecule has 2 aliphatic heterocycles. The van der Waals surface area contributed by atoms with Gasteiger partial charge in [0.15, 0.2) is 0 Å². The zero-order valence-corrected chi connectivity index (χ0v) is 14.6. The quantitative estimate of drug-likeness (QED) is 0.865. The minimum absolute atomic E-state index is 0. The zero-order valence-electron chi connectivity index (χ0n) is 13.0. The molecule has 2 aliphatic rings. The van der Waals surface area contributed by atoms with Gasteiger partial charge in [-0.2, -0.15) is 0 Å². The summed E-state index contributed by atoms with van der Waals surface area (Å²) in [5.74, 6) is 1.09. The maximum absolute atomic E-state index is 12.3. The fraction of sp³-hybridized carbons (Fsp3) is 0.588. The van der Waals surface area contributed by atoms with Crippen LogP contribution in [0.15, 0.2) is 30.3 Å². The summed E-state index contributed by atoms with van der Waals surface area (Å²) in [6.45, 7) is 2.01.